The van der Waals surface area contributed by atoms with E-state index in [0.717, 1.165) is 32.1 Å². The predicted molar refractivity (Wildman–Crippen MR) is 227 cm³/mol. The molecule has 0 spiro atoms. The highest BCUT2D eigenvalue weighted by Gasteiger charge is 2.26. The number of aliphatic hydroxyl groups is 3. The van der Waals surface area contributed by atoms with Gasteiger partial charge in [0, 0.05) is 6.42 Å². The molecule has 0 aromatic heterocycles. The first-order valence-corrected chi connectivity index (χ1v) is 23.8. The second kappa shape index (κ2) is 43.1. The summed E-state index contributed by atoms with van der Waals surface area (Å²) in [5.74, 6) is -0.139. The molecule has 0 unspecified atom stereocenters. The molecule has 0 radical (unpaired) electrons. The Kier molecular flexibility index (Phi) is 42.5. The molecule has 0 fully saturated rings. The van der Waals surface area contributed by atoms with Gasteiger partial charge in [-0.3, -0.25) is 4.79 Å². The van der Waals surface area contributed by atoms with E-state index in [2.05, 4.69) is 19.2 Å². The summed E-state index contributed by atoms with van der Waals surface area (Å²) < 4.78 is 0. The number of carbonyl (C=O) groups is 1. The highest BCUT2D eigenvalue weighted by atomic mass is 16.3. The summed E-state index contributed by atoms with van der Waals surface area (Å²) in [5, 5.41) is 33.5. The van der Waals surface area contributed by atoms with Gasteiger partial charge in [-0.05, 0) is 12.8 Å². The second-order valence-electron chi connectivity index (χ2n) is 16.7. The van der Waals surface area contributed by atoms with Gasteiger partial charge < -0.3 is 20.6 Å². The normalized spacial score (nSPS) is 13.4. The lowest BCUT2D eigenvalue weighted by molar-refractivity contribution is -0.124. The summed E-state index contributed by atoms with van der Waals surface area (Å²) in [4.78, 5) is 12.4. The van der Waals surface area contributed by atoms with Gasteiger partial charge in [-0.25, -0.2) is 0 Å². The van der Waals surface area contributed by atoms with E-state index in [0.29, 0.717) is 12.8 Å². The average molecular weight is 738 g/mol. The third kappa shape index (κ3) is 37.7. The molecule has 3 atom stereocenters. The maximum atomic E-state index is 12.4. The summed E-state index contributed by atoms with van der Waals surface area (Å²) in [7, 11) is 0. The summed E-state index contributed by atoms with van der Waals surface area (Å²) in [5.41, 5.74) is 0. The van der Waals surface area contributed by atoms with Crippen molar-refractivity contribution in [2.45, 2.75) is 289 Å². The lowest BCUT2D eigenvalue weighted by atomic mass is 9.99. The lowest BCUT2D eigenvalue weighted by Crippen LogP contribution is -2.50. The van der Waals surface area contributed by atoms with Crippen LogP contribution < -0.4 is 5.32 Å². The Morgan fingerprint density at radius 1 is 0.404 bits per heavy atom. The van der Waals surface area contributed by atoms with E-state index in [1.54, 1.807) is 0 Å². The maximum absolute atomic E-state index is 12.4. The first-order chi connectivity index (χ1) is 25.6. The lowest BCUT2D eigenvalue weighted by Gasteiger charge is -2.26. The minimum absolute atomic E-state index is 0.139. The van der Waals surface area contributed by atoms with E-state index >= 15 is 0 Å². The zero-order valence-electron chi connectivity index (χ0n) is 35.5. The molecule has 1 amide bonds. The van der Waals surface area contributed by atoms with Crippen LogP contribution in [0, 0.1) is 0 Å². The third-order valence-corrected chi connectivity index (χ3v) is 11.5. The van der Waals surface area contributed by atoms with Crippen molar-refractivity contribution in [1.29, 1.82) is 0 Å². The van der Waals surface area contributed by atoms with Gasteiger partial charge >= 0.3 is 0 Å². The van der Waals surface area contributed by atoms with Crippen LogP contribution in [-0.4, -0.2) is 46.1 Å². The molecule has 0 aliphatic rings. The molecule has 0 rings (SSSR count). The fraction of sp³-hybridized carbons (Fsp3) is 0.979. The van der Waals surface area contributed by atoms with E-state index in [-0.39, 0.29) is 12.5 Å². The van der Waals surface area contributed by atoms with Gasteiger partial charge in [-0.2, -0.15) is 0 Å². The van der Waals surface area contributed by atoms with Gasteiger partial charge in [0.1, 0.15) is 6.10 Å². The van der Waals surface area contributed by atoms with E-state index < -0.39 is 18.2 Å². The Bertz CT molecular complexity index is 688. The monoisotopic (exact) mass is 738 g/mol. The Morgan fingerprint density at radius 3 is 0.923 bits per heavy atom. The van der Waals surface area contributed by atoms with Gasteiger partial charge in [0.15, 0.2) is 0 Å². The Balaban J connectivity index is 3.49. The molecule has 312 valence electrons. The largest absolute Gasteiger partial charge is 0.394 e. The Morgan fingerprint density at radius 2 is 0.654 bits per heavy atom. The summed E-state index contributed by atoms with van der Waals surface area (Å²) in [6, 6.07) is -0.802. The van der Waals surface area contributed by atoms with Gasteiger partial charge in [0.25, 0.3) is 0 Å². The molecule has 0 saturated heterocycles. The van der Waals surface area contributed by atoms with Crippen molar-refractivity contribution in [2.24, 2.45) is 0 Å². The fourth-order valence-corrected chi connectivity index (χ4v) is 7.75. The van der Waals surface area contributed by atoms with Crippen molar-refractivity contribution < 1.29 is 20.1 Å². The van der Waals surface area contributed by atoms with Gasteiger partial charge in [0.2, 0.25) is 5.91 Å². The van der Waals surface area contributed by atoms with E-state index in [1.165, 1.54) is 212 Å². The molecular weight excluding hydrogens is 643 g/mol. The van der Waals surface area contributed by atoms with Gasteiger partial charge in [0.05, 0.1) is 18.8 Å². The summed E-state index contributed by atoms with van der Waals surface area (Å²) in [6.45, 7) is 4.19. The number of unbranched alkanes of at least 4 members (excludes halogenated alkanes) is 36. The van der Waals surface area contributed by atoms with Crippen LogP contribution in [-0.2, 0) is 4.79 Å². The van der Waals surface area contributed by atoms with Crippen LogP contribution in [0.1, 0.15) is 271 Å². The van der Waals surface area contributed by atoms with Crippen molar-refractivity contribution >= 4 is 5.91 Å². The molecule has 0 heterocycles. The molecular formula is C47H95NO4. The zero-order valence-corrected chi connectivity index (χ0v) is 35.5. The summed E-state index contributed by atoms with van der Waals surface area (Å²) in [6.07, 6.45) is 49.5. The molecule has 0 saturated carbocycles. The molecule has 4 N–H and O–H groups in total. The van der Waals surface area contributed by atoms with Crippen LogP contribution in [0.2, 0.25) is 0 Å². The minimum Gasteiger partial charge on any atom is -0.394 e. The van der Waals surface area contributed by atoms with Crippen LogP contribution in [0.15, 0.2) is 0 Å². The van der Waals surface area contributed by atoms with Crippen LogP contribution >= 0.6 is 0 Å². The van der Waals surface area contributed by atoms with Gasteiger partial charge in [-0.15, -0.1) is 0 Å². The number of hydrogen-bond acceptors (Lipinski definition) is 4. The standard InChI is InChI=1S/C47H95NO4/c1-3-5-7-9-11-13-15-17-18-19-20-21-22-23-24-25-26-27-28-29-30-32-34-36-38-40-42-46(51)48-44(43-49)47(52)45(50)41-39-37-35-33-31-16-14-12-10-8-6-4-2/h44-45,47,49-50,52H,3-43H2,1-2H3,(H,48,51)/t44-,45+,47-/m0/s1. The number of aliphatic hydroxyl groups excluding tert-OH is 3. The van der Waals surface area contributed by atoms with Crippen molar-refractivity contribution in [1.82, 2.24) is 5.32 Å². The van der Waals surface area contributed by atoms with Crippen molar-refractivity contribution in [3.05, 3.63) is 0 Å². The minimum atomic E-state index is -1.13. The molecule has 0 aromatic carbocycles. The molecule has 0 bridgehead atoms. The van der Waals surface area contributed by atoms with E-state index in [4.69, 9.17) is 0 Å². The number of rotatable bonds is 44. The third-order valence-electron chi connectivity index (χ3n) is 11.5. The SMILES string of the molecule is CCCCCCCCCCCCCCCCCCCCCCCCCCCCC(=O)N[C@@H](CO)[C@H](O)[C@H](O)CCCCCCCCCCCCCC. The first kappa shape index (κ1) is 51.4. The topological polar surface area (TPSA) is 89.8 Å². The van der Waals surface area contributed by atoms with Crippen LogP contribution in [0.5, 0.6) is 0 Å². The molecule has 0 aromatic rings. The Hall–Kier alpha value is -0.650. The van der Waals surface area contributed by atoms with Crippen molar-refractivity contribution in [3.63, 3.8) is 0 Å². The molecule has 0 aliphatic carbocycles. The zero-order chi connectivity index (χ0) is 38.0. The van der Waals surface area contributed by atoms with Gasteiger partial charge in [-0.1, -0.05) is 251 Å². The van der Waals surface area contributed by atoms with E-state index in [1.807, 2.05) is 0 Å². The first-order valence-electron chi connectivity index (χ1n) is 23.8. The molecule has 0 aliphatic heterocycles. The van der Waals surface area contributed by atoms with Crippen LogP contribution in [0.3, 0.4) is 0 Å². The molecule has 5 heteroatoms. The predicted octanol–water partition coefficient (Wildman–Crippen LogP) is 13.8. The van der Waals surface area contributed by atoms with Crippen molar-refractivity contribution in [3.8, 4) is 0 Å². The second-order valence-corrected chi connectivity index (χ2v) is 16.7. The quantitative estimate of drug-likeness (QED) is 0.0469. The smallest absolute Gasteiger partial charge is 0.220 e. The van der Waals surface area contributed by atoms with Crippen molar-refractivity contribution in [2.75, 3.05) is 6.61 Å². The fourth-order valence-electron chi connectivity index (χ4n) is 7.75. The summed E-state index contributed by atoms with van der Waals surface area (Å²) >= 11 is 0. The number of hydrogen-bond donors (Lipinski definition) is 4. The van der Waals surface area contributed by atoms with Crippen LogP contribution in [0.25, 0.3) is 0 Å². The number of nitrogens with one attached hydrogen (secondary N) is 1. The number of carbonyl (C=O) groups excluding carboxylic acids is 1. The molecule has 52 heavy (non-hydrogen) atoms. The van der Waals surface area contributed by atoms with E-state index in [9.17, 15) is 20.1 Å². The molecule has 5 nitrogen and oxygen atoms in total. The average Bonchev–Trinajstić information content (AvgIpc) is 3.15. The van der Waals surface area contributed by atoms with Crippen LogP contribution in [0.4, 0.5) is 0 Å². The highest BCUT2D eigenvalue weighted by molar-refractivity contribution is 5.76. The Labute approximate surface area is 326 Å². The maximum Gasteiger partial charge on any atom is 0.220 e. The highest BCUT2D eigenvalue weighted by Crippen LogP contribution is 2.17. The number of amides is 1.